The minimum absolute atomic E-state index is 0. The van der Waals surface area contributed by atoms with Gasteiger partial charge in [0.2, 0.25) is 0 Å². The van der Waals surface area contributed by atoms with Crippen molar-refractivity contribution < 1.29 is 4.79 Å². The van der Waals surface area contributed by atoms with Crippen LogP contribution in [-0.2, 0) is 11.3 Å². The van der Waals surface area contributed by atoms with Crippen molar-refractivity contribution in [3.05, 3.63) is 35.9 Å². The largest absolute Gasteiger partial charge is 0.298 e. The fourth-order valence-corrected chi connectivity index (χ4v) is 2.04. The zero-order chi connectivity index (χ0) is 10.5. The number of carbonyl (C=O) groups is 1. The lowest BCUT2D eigenvalue weighted by molar-refractivity contribution is -0.119. The van der Waals surface area contributed by atoms with Gasteiger partial charge in [0, 0.05) is 13.0 Å². The van der Waals surface area contributed by atoms with Crippen LogP contribution in [0.25, 0.3) is 0 Å². The Morgan fingerprint density at radius 1 is 1.12 bits per heavy atom. The summed E-state index contributed by atoms with van der Waals surface area (Å²) in [6.07, 6.45) is 2.98. The molecule has 0 saturated carbocycles. The number of nitrogens with zero attached hydrogens (tertiary/aromatic N) is 1. The molecule has 0 aliphatic carbocycles. The summed E-state index contributed by atoms with van der Waals surface area (Å²) in [6, 6.07) is 10.4. The van der Waals surface area contributed by atoms with Gasteiger partial charge < -0.3 is 0 Å². The van der Waals surface area contributed by atoms with Gasteiger partial charge in [-0.15, -0.1) is 12.4 Å². The zero-order valence-corrected chi connectivity index (χ0v) is 10.2. The normalized spacial score (nSPS) is 17.6. The van der Waals surface area contributed by atoms with Crippen LogP contribution in [-0.4, -0.2) is 23.8 Å². The lowest BCUT2D eigenvalue weighted by atomic mass is 10.2. The fourth-order valence-electron chi connectivity index (χ4n) is 2.04. The summed E-state index contributed by atoms with van der Waals surface area (Å²) in [7, 11) is 0. The lowest BCUT2D eigenvalue weighted by Gasteiger charge is -2.18. The molecule has 3 heteroatoms. The summed E-state index contributed by atoms with van der Waals surface area (Å²) < 4.78 is 0. The first-order valence-electron chi connectivity index (χ1n) is 5.62. The van der Waals surface area contributed by atoms with Gasteiger partial charge in [0.15, 0.2) is 0 Å². The van der Waals surface area contributed by atoms with Crippen LogP contribution in [0, 0.1) is 0 Å². The van der Waals surface area contributed by atoms with Gasteiger partial charge in [-0.1, -0.05) is 30.3 Å². The van der Waals surface area contributed by atoms with E-state index in [1.54, 1.807) is 0 Å². The Labute approximate surface area is 103 Å². The highest BCUT2D eigenvalue weighted by Gasteiger charge is 2.14. The Hall–Kier alpha value is -0.860. The first-order valence-corrected chi connectivity index (χ1v) is 5.62. The number of Topliss-reactive ketones (excluding diaryl/α,β-unsaturated/α-hetero) is 1. The molecule has 1 aliphatic heterocycles. The monoisotopic (exact) mass is 239 g/mol. The smallest absolute Gasteiger partial charge is 0.146 e. The second-order valence-corrected chi connectivity index (χ2v) is 4.19. The van der Waals surface area contributed by atoms with Crippen LogP contribution in [0.15, 0.2) is 30.3 Å². The van der Waals surface area contributed by atoms with E-state index in [1.165, 1.54) is 5.56 Å². The van der Waals surface area contributed by atoms with Crippen molar-refractivity contribution >= 4 is 18.2 Å². The number of carbonyl (C=O) groups excluding carboxylic acids is 1. The summed E-state index contributed by atoms with van der Waals surface area (Å²) >= 11 is 0. The zero-order valence-electron chi connectivity index (χ0n) is 9.39. The van der Waals surface area contributed by atoms with Crippen molar-refractivity contribution in [2.75, 3.05) is 13.1 Å². The topological polar surface area (TPSA) is 20.3 Å². The molecular formula is C13H18ClNO. The van der Waals surface area contributed by atoms with Crippen LogP contribution in [0.5, 0.6) is 0 Å². The van der Waals surface area contributed by atoms with Crippen molar-refractivity contribution in [2.45, 2.75) is 25.8 Å². The molecule has 1 aromatic rings. The molecule has 0 N–H and O–H groups in total. The number of halogens is 1. The summed E-state index contributed by atoms with van der Waals surface area (Å²) in [5.41, 5.74) is 1.30. The summed E-state index contributed by atoms with van der Waals surface area (Å²) in [4.78, 5) is 13.7. The molecule has 0 amide bonds. The molecule has 88 valence electrons. The van der Waals surface area contributed by atoms with Gasteiger partial charge in [-0.25, -0.2) is 0 Å². The molecule has 1 aromatic carbocycles. The van der Waals surface area contributed by atoms with Gasteiger partial charge >= 0.3 is 0 Å². The summed E-state index contributed by atoms with van der Waals surface area (Å²) in [5.74, 6) is 0.392. The fraction of sp³-hybridized carbons (Fsp3) is 0.462. The van der Waals surface area contributed by atoms with E-state index in [-0.39, 0.29) is 12.4 Å². The second-order valence-electron chi connectivity index (χ2n) is 4.19. The first kappa shape index (κ1) is 13.2. The average molecular weight is 240 g/mol. The predicted octanol–water partition coefficient (Wildman–Crippen LogP) is 2.66. The molecule has 0 radical (unpaired) electrons. The number of hydrogen-bond donors (Lipinski definition) is 0. The Bertz CT molecular complexity index is 326. The van der Waals surface area contributed by atoms with E-state index in [4.69, 9.17) is 0 Å². The van der Waals surface area contributed by atoms with Crippen LogP contribution >= 0.6 is 12.4 Å². The van der Waals surface area contributed by atoms with Crippen molar-refractivity contribution in [1.29, 1.82) is 0 Å². The molecule has 1 fully saturated rings. The average Bonchev–Trinajstić information content (AvgIpc) is 2.44. The maximum absolute atomic E-state index is 11.4. The molecule has 1 heterocycles. The standard InChI is InChI=1S/C13H17NO.ClH/c15-13-8-4-5-9-14(11-13)10-12-6-2-1-3-7-12;/h1-3,6-7H,4-5,8-11H2;1H. The minimum Gasteiger partial charge on any atom is -0.298 e. The van der Waals surface area contributed by atoms with E-state index in [2.05, 4.69) is 29.2 Å². The predicted molar refractivity (Wildman–Crippen MR) is 67.8 cm³/mol. The highest BCUT2D eigenvalue weighted by Crippen LogP contribution is 2.11. The van der Waals surface area contributed by atoms with Gasteiger partial charge in [0.05, 0.1) is 6.54 Å². The molecule has 0 spiro atoms. The maximum Gasteiger partial charge on any atom is 0.146 e. The van der Waals surface area contributed by atoms with Gasteiger partial charge in [0.1, 0.15) is 5.78 Å². The highest BCUT2D eigenvalue weighted by atomic mass is 35.5. The Kier molecular flexibility index (Phi) is 5.50. The third kappa shape index (κ3) is 3.95. The van der Waals surface area contributed by atoms with Gasteiger partial charge in [0.25, 0.3) is 0 Å². The second kappa shape index (κ2) is 6.66. The van der Waals surface area contributed by atoms with E-state index in [1.807, 2.05) is 6.07 Å². The maximum atomic E-state index is 11.4. The molecule has 0 unspecified atom stereocenters. The number of benzene rings is 1. The molecule has 1 aliphatic rings. The molecule has 2 nitrogen and oxygen atoms in total. The molecule has 2 rings (SSSR count). The van der Waals surface area contributed by atoms with Crippen molar-refractivity contribution in [3.8, 4) is 0 Å². The van der Waals surface area contributed by atoms with Crippen LogP contribution in [0.1, 0.15) is 24.8 Å². The molecule has 1 saturated heterocycles. The van der Waals surface area contributed by atoms with Crippen LogP contribution in [0.2, 0.25) is 0 Å². The molecular weight excluding hydrogens is 222 g/mol. The van der Waals surface area contributed by atoms with E-state index in [0.717, 1.165) is 32.4 Å². The molecule has 0 bridgehead atoms. The van der Waals surface area contributed by atoms with Gasteiger partial charge in [-0.3, -0.25) is 9.69 Å². The van der Waals surface area contributed by atoms with E-state index >= 15 is 0 Å². The quantitative estimate of drug-likeness (QED) is 0.791. The summed E-state index contributed by atoms with van der Waals surface area (Å²) in [6.45, 7) is 2.60. The Morgan fingerprint density at radius 3 is 2.62 bits per heavy atom. The SMILES string of the molecule is Cl.O=C1CCCCN(Cc2ccccc2)C1. The molecule has 0 atom stereocenters. The van der Waals surface area contributed by atoms with E-state index in [0.29, 0.717) is 12.3 Å². The molecule has 16 heavy (non-hydrogen) atoms. The third-order valence-electron chi connectivity index (χ3n) is 2.83. The number of likely N-dealkylation sites (tertiary alicyclic amines) is 1. The number of ketones is 1. The highest BCUT2D eigenvalue weighted by molar-refractivity contribution is 5.85. The van der Waals surface area contributed by atoms with Crippen LogP contribution in [0.3, 0.4) is 0 Å². The van der Waals surface area contributed by atoms with Crippen molar-refractivity contribution in [2.24, 2.45) is 0 Å². The first-order chi connectivity index (χ1) is 7.34. The van der Waals surface area contributed by atoms with Crippen molar-refractivity contribution in [3.63, 3.8) is 0 Å². The van der Waals surface area contributed by atoms with Gasteiger partial charge in [-0.2, -0.15) is 0 Å². The lowest BCUT2D eigenvalue weighted by Crippen LogP contribution is -2.27. The van der Waals surface area contributed by atoms with E-state index < -0.39 is 0 Å². The van der Waals surface area contributed by atoms with Crippen LogP contribution < -0.4 is 0 Å². The Morgan fingerprint density at radius 2 is 1.88 bits per heavy atom. The third-order valence-corrected chi connectivity index (χ3v) is 2.83. The van der Waals surface area contributed by atoms with Crippen LogP contribution in [0.4, 0.5) is 0 Å². The number of hydrogen-bond acceptors (Lipinski definition) is 2. The number of rotatable bonds is 2. The van der Waals surface area contributed by atoms with E-state index in [9.17, 15) is 4.79 Å². The van der Waals surface area contributed by atoms with Crippen molar-refractivity contribution in [1.82, 2.24) is 4.90 Å². The summed E-state index contributed by atoms with van der Waals surface area (Å²) in [5, 5.41) is 0. The van der Waals surface area contributed by atoms with Gasteiger partial charge in [-0.05, 0) is 24.9 Å². The minimum atomic E-state index is 0. The Balaban J connectivity index is 0.00000128. The molecule has 0 aromatic heterocycles.